The van der Waals surface area contributed by atoms with Crippen molar-refractivity contribution < 1.29 is 34.8 Å². The second kappa shape index (κ2) is 8.85. The van der Waals surface area contributed by atoms with Crippen LogP contribution < -0.4 is 0 Å². The lowest BCUT2D eigenvalue weighted by Gasteiger charge is -2.61. The highest BCUT2D eigenvalue weighted by Gasteiger charge is 2.70. The number of fused-ring (bicyclic) bond motifs is 4. The molecule has 4 N–H and O–H groups in total. The van der Waals surface area contributed by atoms with Gasteiger partial charge in [0.05, 0.1) is 23.7 Å². The minimum absolute atomic E-state index is 0.0116. The minimum Gasteiger partial charge on any atom is -0.478 e. The fourth-order valence-corrected chi connectivity index (χ4v) is 9.07. The van der Waals surface area contributed by atoms with Crippen LogP contribution in [0.3, 0.4) is 0 Å². The first-order valence-corrected chi connectivity index (χ1v) is 13.7. The number of Topliss-reactive ketones (excluding diaryl/α,β-unsaturated/α-hetero) is 2. The Morgan fingerprint density at radius 3 is 2.35 bits per heavy atom. The first-order valence-electron chi connectivity index (χ1n) is 13.7. The Balaban J connectivity index is 1.77. The molecule has 2 fully saturated rings. The van der Waals surface area contributed by atoms with E-state index in [1.807, 2.05) is 34.6 Å². The number of rotatable bonds is 5. The van der Waals surface area contributed by atoms with Crippen molar-refractivity contribution in [2.24, 2.45) is 39.4 Å². The topological polar surface area (TPSA) is 132 Å². The molecule has 4 aliphatic carbocycles. The molecule has 7 nitrogen and oxygen atoms in total. The van der Waals surface area contributed by atoms with Crippen molar-refractivity contribution in [3.8, 4) is 0 Å². The van der Waals surface area contributed by atoms with Crippen LogP contribution in [0.25, 0.3) is 0 Å². The second-order valence-electron chi connectivity index (χ2n) is 13.7. The summed E-state index contributed by atoms with van der Waals surface area (Å²) in [5, 5.41) is 42.1. The number of carbonyl (C=O) groups excluding carboxylic acids is 2. The van der Waals surface area contributed by atoms with Gasteiger partial charge in [0.25, 0.3) is 0 Å². The number of carboxylic acids is 1. The third-order valence-corrected chi connectivity index (χ3v) is 11.4. The minimum atomic E-state index is -1.09. The molecule has 4 rings (SSSR count). The molecule has 206 valence electrons. The first kappa shape index (κ1) is 28.2. The molecule has 2 saturated carbocycles. The average Bonchev–Trinajstić information content (AvgIpc) is 2.99. The van der Waals surface area contributed by atoms with Crippen molar-refractivity contribution in [1.29, 1.82) is 0 Å². The van der Waals surface area contributed by atoms with E-state index in [1.165, 1.54) is 13.0 Å². The van der Waals surface area contributed by atoms with Crippen LogP contribution >= 0.6 is 0 Å². The molecular weight excluding hydrogens is 472 g/mol. The summed E-state index contributed by atoms with van der Waals surface area (Å²) in [5.74, 6) is -1.50. The zero-order valence-electron chi connectivity index (χ0n) is 23.3. The smallest absolute Gasteiger partial charge is 0.331 e. The highest BCUT2D eigenvalue weighted by Crippen LogP contribution is 2.70. The Kier molecular flexibility index (Phi) is 6.74. The van der Waals surface area contributed by atoms with Crippen LogP contribution in [0.1, 0.15) is 87.0 Å². The molecule has 0 radical (unpaired) electrons. The molecule has 0 spiro atoms. The molecule has 0 aromatic heterocycles. The monoisotopic (exact) mass is 516 g/mol. The zero-order valence-corrected chi connectivity index (χ0v) is 23.3. The van der Waals surface area contributed by atoms with E-state index in [0.717, 1.165) is 0 Å². The summed E-state index contributed by atoms with van der Waals surface area (Å²) in [6.45, 7) is 13.4. The van der Waals surface area contributed by atoms with Gasteiger partial charge in [0.15, 0.2) is 5.78 Å². The van der Waals surface area contributed by atoms with Crippen LogP contribution in [0.4, 0.5) is 0 Å². The Hall–Kier alpha value is -1.83. The van der Waals surface area contributed by atoms with E-state index in [4.69, 9.17) is 5.11 Å². The van der Waals surface area contributed by atoms with E-state index in [9.17, 15) is 29.7 Å². The summed E-state index contributed by atoms with van der Waals surface area (Å²) >= 11 is 0. The van der Waals surface area contributed by atoms with Gasteiger partial charge in [0, 0.05) is 24.0 Å². The van der Waals surface area contributed by atoms with Gasteiger partial charge in [-0.25, -0.2) is 4.79 Å². The molecule has 0 bridgehead atoms. The normalized spacial score (nSPS) is 43.1. The summed E-state index contributed by atoms with van der Waals surface area (Å²) in [7, 11) is 0. The predicted octanol–water partition coefficient (Wildman–Crippen LogP) is 3.84. The van der Waals surface area contributed by atoms with Crippen LogP contribution in [-0.2, 0) is 14.4 Å². The van der Waals surface area contributed by atoms with Crippen LogP contribution in [0, 0.1) is 39.4 Å². The summed E-state index contributed by atoms with van der Waals surface area (Å²) in [6, 6.07) is 0. The Morgan fingerprint density at radius 1 is 1.14 bits per heavy atom. The SMILES string of the molecule is C/C(=C\[C@@H](O)C[C@@H](C)[C@H]1CC(=O)[C@@]2(C)C3=C(C(=O)C[C@]12C)[C@@]1(C)CC[C@H](O)C(C)(C)[C@@H]1C[C@@H]3O)C(=O)O. The van der Waals surface area contributed by atoms with Crippen molar-refractivity contribution in [1.82, 2.24) is 0 Å². The molecule has 9 atom stereocenters. The number of hydrogen-bond acceptors (Lipinski definition) is 6. The van der Waals surface area contributed by atoms with E-state index in [0.29, 0.717) is 30.4 Å². The fourth-order valence-electron chi connectivity index (χ4n) is 9.07. The number of aliphatic carboxylic acids is 1. The third-order valence-electron chi connectivity index (χ3n) is 11.4. The van der Waals surface area contributed by atoms with Gasteiger partial charge in [-0.3, -0.25) is 9.59 Å². The van der Waals surface area contributed by atoms with E-state index >= 15 is 0 Å². The summed E-state index contributed by atoms with van der Waals surface area (Å²) in [4.78, 5) is 39.2. The number of hydrogen-bond donors (Lipinski definition) is 4. The molecule has 0 aliphatic heterocycles. The van der Waals surface area contributed by atoms with Gasteiger partial charge >= 0.3 is 5.97 Å². The maximum atomic E-state index is 14.1. The highest BCUT2D eigenvalue weighted by molar-refractivity contribution is 6.05. The molecule has 0 heterocycles. The lowest BCUT2D eigenvalue weighted by molar-refractivity contribution is -0.142. The zero-order chi connectivity index (χ0) is 27.9. The molecule has 0 amide bonds. The van der Waals surface area contributed by atoms with E-state index in [2.05, 4.69) is 6.92 Å². The molecule has 0 aromatic rings. The van der Waals surface area contributed by atoms with Crippen LogP contribution in [0.2, 0.25) is 0 Å². The maximum absolute atomic E-state index is 14.1. The summed E-state index contributed by atoms with van der Waals surface area (Å²) < 4.78 is 0. The van der Waals surface area contributed by atoms with Crippen molar-refractivity contribution >= 4 is 17.5 Å². The number of carboxylic acid groups (broad SMARTS) is 1. The van der Waals surface area contributed by atoms with Crippen LogP contribution in [-0.4, -0.2) is 56.3 Å². The van der Waals surface area contributed by atoms with Crippen molar-refractivity contribution in [3.63, 3.8) is 0 Å². The molecule has 0 unspecified atom stereocenters. The van der Waals surface area contributed by atoms with Crippen molar-refractivity contribution in [2.75, 3.05) is 0 Å². The standard InChI is InChI=1S/C30H44O7/c1-15(10-17(31)11-16(2)26(36)37)18-12-23(35)30(7)25-19(32)13-21-27(3,4)22(34)8-9-28(21,5)24(25)20(33)14-29(18,30)6/h11,15,17-19,21-22,31-32,34H,8-10,12-14H2,1-7H3,(H,36,37)/b16-11+/t15-,17+,18-,19+,21+,22+,28+,29-,30+/m1/s1. The van der Waals surface area contributed by atoms with Gasteiger partial charge in [-0.05, 0) is 85.2 Å². The maximum Gasteiger partial charge on any atom is 0.331 e. The van der Waals surface area contributed by atoms with Crippen LogP contribution in [0.15, 0.2) is 22.8 Å². The van der Waals surface area contributed by atoms with Crippen molar-refractivity contribution in [3.05, 3.63) is 22.8 Å². The molecule has 37 heavy (non-hydrogen) atoms. The second-order valence-corrected chi connectivity index (χ2v) is 13.7. The number of allylic oxidation sites excluding steroid dienone is 1. The summed E-state index contributed by atoms with van der Waals surface area (Å²) in [5.41, 5.74) is -1.42. The predicted molar refractivity (Wildman–Crippen MR) is 138 cm³/mol. The van der Waals surface area contributed by atoms with E-state index in [1.54, 1.807) is 0 Å². The van der Waals surface area contributed by atoms with Gasteiger partial charge in [-0.1, -0.05) is 34.6 Å². The van der Waals surface area contributed by atoms with Crippen molar-refractivity contribution in [2.45, 2.75) is 105 Å². The third kappa shape index (κ3) is 3.82. The fraction of sp³-hybridized carbons (Fsp3) is 0.767. The van der Waals surface area contributed by atoms with Gasteiger partial charge in [-0.2, -0.15) is 0 Å². The molecule has 7 heteroatoms. The quantitative estimate of drug-likeness (QED) is 0.408. The number of aliphatic hydroxyl groups excluding tert-OH is 3. The van der Waals surface area contributed by atoms with E-state index in [-0.39, 0.29) is 54.2 Å². The van der Waals surface area contributed by atoms with Gasteiger partial charge in [-0.15, -0.1) is 0 Å². The average molecular weight is 517 g/mol. The van der Waals surface area contributed by atoms with Crippen LogP contribution in [0.5, 0.6) is 0 Å². The van der Waals surface area contributed by atoms with Gasteiger partial charge in [0.1, 0.15) is 5.78 Å². The number of ketones is 2. The summed E-state index contributed by atoms with van der Waals surface area (Å²) in [6.07, 6.45) is 1.26. The van der Waals surface area contributed by atoms with Gasteiger partial charge in [0.2, 0.25) is 0 Å². The molecule has 4 aliphatic rings. The molecule has 0 aromatic carbocycles. The molecule has 0 saturated heterocycles. The first-order chi connectivity index (χ1) is 16.9. The number of carbonyl (C=O) groups is 3. The Bertz CT molecular complexity index is 1090. The number of aliphatic hydroxyl groups is 3. The molecular formula is C30H44O7. The lowest BCUT2D eigenvalue weighted by Crippen LogP contribution is -2.60. The highest BCUT2D eigenvalue weighted by atomic mass is 16.4. The lowest BCUT2D eigenvalue weighted by atomic mass is 9.42. The largest absolute Gasteiger partial charge is 0.478 e. The Morgan fingerprint density at radius 2 is 1.76 bits per heavy atom. The van der Waals surface area contributed by atoms with E-state index < -0.39 is 45.9 Å². The van der Waals surface area contributed by atoms with Gasteiger partial charge < -0.3 is 20.4 Å². The Labute approximate surface area is 220 Å².